The molecule has 1 amide bonds. The lowest BCUT2D eigenvalue weighted by atomic mass is 10.1. The van der Waals surface area contributed by atoms with Gasteiger partial charge in [-0.1, -0.05) is 32.0 Å². The average molecular weight is 436 g/mol. The van der Waals surface area contributed by atoms with E-state index in [1.807, 2.05) is 57.2 Å². The number of rotatable bonds is 7. The van der Waals surface area contributed by atoms with Gasteiger partial charge in [-0.25, -0.2) is 4.68 Å². The lowest BCUT2D eigenvalue weighted by Gasteiger charge is -2.22. The number of nitrogens with zero attached hydrogens (tertiary/aromatic N) is 3. The Labute approximate surface area is 184 Å². The number of thiophene rings is 1. The largest absolute Gasteiger partial charge is 0.467 e. The van der Waals surface area contributed by atoms with E-state index in [9.17, 15) is 9.59 Å². The maximum atomic E-state index is 13.8. The Balaban J connectivity index is 1.79. The molecular formula is C24H25N3O3S. The molecule has 7 heteroatoms. The Hall–Kier alpha value is -3.19. The van der Waals surface area contributed by atoms with E-state index in [2.05, 4.69) is 5.10 Å². The van der Waals surface area contributed by atoms with Gasteiger partial charge in [0.05, 0.1) is 24.7 Å². The summed E-state index contributed by atoms with van der Waals surface area (Å²) in [5, 5.41) is 5.60. The first-order valence-corrected chi connectivity index (χ1v) is 11.1. The summed E-state index contributed by atoms with van der Waals surface area (Å²) in [6.45, 7) is 7.30. The summed E-state index contributed by atoms with van der Waals surface area (Å²) < 4.78 is 6.93. The van der Waals surface area contributed by atoms with Gasteiger partial charge >= 0.3 is 0 Å². The summed E-state index contributed by atoms with van der Waals surface area (Å²) in [6.07, 6.45) is 1.60. The number of furan rings is 1. The number of aryl methyl sites for hydroxylation is 1. The van der Waals surface area contributed by atoms with E-state index in [-0.39, 0.29) is 23.1 Å². The second kappa shape index (κ2) is 8.89. The molecule has 0 bridgehead atoms. The molecule has 3 heterocycles. The highest BCUT2D eigenvalue weighted by Crippen LogP contribution is 2.22. The predicted molar refractivity (Wildman–Crippen MR) is 122 cm³/mol. The van der Waals surface area contributed by atoms with E-state index in [1.54, 1.807) is 34.6 Å². The molecule has 6 nitrogen and oxygen atoms in total. The molecule has 3 aromatic heterocycles. The van der Waals surface area contributed by atoms with E-state index >= 15 is 0 Å². The van der Waals surface area contributed by atoms with Crippen molar-refractivity contribution in [2.45, 2.75) is 40.4 Å². The van der Waals surface area contributed by atoms with Gasteiger partial charge in [-0.2, -0.15) is 5.10 Å². The third kappa shape index (κ3) is 4.61. The standard InChI is InChI=1S/C24H25N3O3S/c1-16(2)13-27-23(28)21-9-5-4-8-20(21)22(25-27)24(29)26(14-18-7-6-12-30-18)15-19-11-10-17(3)31-19/h4-12,16H,13-15H2,1-3H3. The first kappa shape index (κ1) is 21.1. The molecule has 4 rings (SSSR count). The highest BCUT2D eigenvalue weighted by Gasteiger charge is 2.24. The van der Waals surface area contributed by atoms with Crippen molar-refractivity contribution < 1.29 is 9.21 Å². The van der Waals surface area contributed by atoms with Crippen LogP contribution >= 0.6 is 11.3 Å². The highest BCUT2D eigenvalue weighted by molar-refractivity contribution is 7.11. The maximum Gasteiger partial charge on any atom is 0.275 e. The van der Waals surface area contributed by atoms with Gasteiger partial charge in [0.1, 0.15) is 5.76 Å². The van der Waals surface area contributed by atoms with E-state index in [0.29, 0.717) is 36.2 Å². The summed E-state index contributed by atoms with van der Waals surface area (Å²) in [5.41, 5.74) is 0.114. The monoisotopic (exact) mass is 435 g/mol. The van der Waals surface area contributed by atoms with Crippen LogP contribution in [0.3, 0.4) is 0 Å². The number of carbonyl (C=O) groups is 1. The van der Waals surface area contributed by atoms with Crippen molar-refractivity contribution in [3.8, 4) is 0 Å². The quantitative estimate of drug-likeness (QED) is 0.416. The van der Waals surface area contributed by atoms with Crippen LogP contribution in [-0.2, 0) is 19.6 Å². The topological polar surface area (TPSA) is 68.3 Å². The van der Waals surface area contributed by atoms with Crippen LogP contribution in [0.1, 0.15) is 39.9 Å². The number of fused-ring (bicyclic) bond motifs is 1. The van der Waals surface area contributed by atoms with Gasteiger partial charge in [-0.3, -0.25) is 9.59 Å². The summed E-state index contributed by atoms with van der Waals surface area (Å²) in [7, 11) is 0. The summed E-state index contributed by atoms with van der Waals surface area (Å²) >= 11 is 1.66. The molecule has 1 aromatic carbocycles. The summed E-state index contributed by atoms with van der Waals surface area (Å²) in [6, 6.07) is 14.9. The maximum absolute atomic E-state index is 13.8. The van der Waals surface area contributed by atoms with Crippen LogP contribution in [0.5, 0.6) is 0 Å². The molecule has 0 aliphatic rings. The van der Waals surface area contributed by atoms with E-state index < -0.39 is 0 Å². The lowest BCUT2D eigenvalue weighted by molar-refractivity contribution is 0.0712. The fraction of sp³-hybridized carbons (Fsp3) is 0.292. The molecule has 0 radical (unpaired) electrons. The molecule has 160 valence electrons. The zero-order chi connectivity index (χ0) is 22.0. The second-order valence-electron chi connectivity index (χ2n) is 8.03. The van der Waals surface area contributed by atoms with Crippen LogP contribution in [0.15, 0.2) is 64.0 Å². The molecule has 4 aromatic rings. The first-order valence-electron chi connectivity index (χ1n) is 10.3. The zero-order valence-electron chi connectivity index (χ0n) is 17.9. The number of benzene rings is 1. The molecule has 0 aliphatic heterocycles. The molecule has 31 heavy (non-hydrogen) atoms. The van der Waals surface area contributed by atoms with Gasteiger partial charge in [0.25, 0.3) is 11.5 Å². The van der Waals surface area contributed by atoms with Crippen LogP contribution in [0.4, 0.5) is 0 Å². The molecule has 0 atom stereocenters. The smallest absolute Gasteiger partial charge is 0.275 e. The third-order valence-corrected chi connectivity index (χ3v) is 5.95. The zero-order valence-corrected chi connectivity index (χ0v) is 18.7. The molecule has 0 spiro atoms. The van der Waals surface area contributed by atoms with Gasteiger partial charge in [-0.05, 0) is 43.2 Å². The van der Waals surface area contributed by atoms with Crippen molar-refractivity contribution in [2.75, 3.05) is 0 Å². The number of aromatic nitrogens is 2. The predicted octanol–water partition coefficient (Wildman–Crippen LogP) is 4.86. The fourth-order valence-electron chi connectivity index (χ4n) is 3.56. The lowest BCUT2D eigenvalue weighted by Crippen LogP contribution is -2.34. The Morgan fingerprint density at radius 2 is 1.87 bits per heavy atom. The Bertz CT molecular complexity index is 1250. The summed E-state index contributed by atoms with van der Waals surface area (Å²) in [5.74, 6) is 0.695. The average Bonchev–Trinajstić information content (AvgIpc) is 3.40. The molecule has 0 saturated heterocycles. The van der Waals surface area contributed by atoms with Gasteiger partial charge in [0.15, 0.2) is 5.69 Å². The van der Waals surface area contributed by atoms with Crippen molar-refractivity contribution in [3.05, 3.63) is 86.4 Å². The molecule has 0 unspecified atom stereocenters. The minimum absolute atomic E-state index is 0.174. The van der Waals surface area contributed by atoms with Crippen molar-refractivity contribution in [1.29, 1.82) is 0 Å². The van der Waals surface area contributed by atoms with E-state index in [0.717, 1.165) is 4.88 Å². The van der Waals surface area contributed by atoms with Gasteiger partial charge in [0.2, 0.25) is 0 Å². The normalized spacial score (nSPS) is 11.4. The molecule has 0 fully saturated rings. The molecular weight excluding hydrogens is 410 g/mol. The van der Waals surface area contributed by atoms with Crippen molar-refractivity contribution in [1.82, 2.24) is 14.7 Å². The van der Waals surface area contributed by atoms with E-state index in [1.165, 1.54) is 9.56 Å². The Kier molecular flexibility index (Phi) is 6.04. The van der Waals surface area contributed by atoms with Crippen LogP contribution < -0.4 is 5.56 Å². The van der Waals surface area contributed by atoms with Gasteiger partial charge in [-0.15, -0.1) is 11.3 Å². The number of hydrogen-bond donors (Lipinski definition) is 0. The van der Waals surface area contributed by atoms with Crippen LogP contribution in [0.2, 0.25) is 0 Å². The van der Waals surface area contributed by atoms with Gasteiger partial charge < -0.3 is 9.32 Å². The minimum atomic E-state index is -0.226. The Morgan fingerprint density at radius 1 is 1.10 bits per heavy atom. The minimum Gasteiger partial charge on any atom is -0.467 e. The van der Waals surface area contributed by atoms with Crippen LogP contribution in [-0.4, -0.2) is 20.6 Å². The van der Waals surface area contributed by atoms with Gasteiger partial charge in [0, 0.05) is 21.7 Å². The third-order valence-electron chi connectivity index (χ3n) is 4.97. The SMILES string of the molecule is Cc1ccc(CN(Cc2ccco2)C(=O)c2nn(CC(C)C)c(=O)c3ccccc23)s1. The van der Waals surface area contributed by atoms with Crippen molar-refractivity contribution in [3.63, 3.8) is 0 Å². The van der Waals surface area contributed by atoms with Crippen LogP contribution in [0.25, 0.3) is 10.8 Å². The highest BCUT2D eigenvalue weighted by atomic mass is 32.1. The number of carbonyl (C=O) groups excluding carboxylic acids is 1. The number of amides is 1. The number of hydrogen-bond acceptors (Lipinski definition) is 5. The van der Waals surface area contributed by atoms with Crippen LogP contribution in [0, 0.1) is 12.8 Å². The van der Waals surface area contributed by atoms with E-state index in [4.69, 9.17) is 4.42 Å². The van der Waals surface area contributed by atoms with Crippen molar-refractivity contribution >= 4 is 28.0 Å². The molecule has 0 aliphatic carbocycles. The Morgan fingerprint density at radius 3 is 2.52 bits per heavy atom. The fourth-order valence-corrected chi connectivity index (χ4v) is 4.47. The molecule has 0 saturated carbocycles. The first-order chi connectivity index (χ1) is 14.9. The summed E-state index contributed by atoms with van der Waals surface area (Å²) in [4.78, 5) is 30.7. The molecule has 0 N–H and O–H groups in total. The second-order valence-corrected chi connectivity index (χ2v) is 9.40. The van der Waals surface area contributed by atoms with Crippen molar-refractivity contribution in [2.24, 2.45) is 5.92 Å².